The van der Waals surface area contributed by atoms with Crippen molar-refractivity contribution in [3.05, 3.63) is 42.5 Å². The Morgan fingerprint density at radius 1 is 1.22 bits per heavy atom. The number of fused-ring (bicyclic) bond motifs is 1. The first-order valence-corrected chi connectivity index (χ1v) is 9.22. The molecule has 1 aliphatic heterocycles. The molecule has 1 aliphatic rings. The lowest BCUT2D eigenvalue weighted by Crippen LogP contribution is -2.52. The van der Waals surface area contributed by atoms with E-state index < -0.39 is 0 Å². The Morgan fingerprint density at radius 2 is 2.07 bits per heavy atom. The van der Waals surface area contributed by atoms with E-state index in [1.54, 1.807) is 17.1 Å². The SMILES string of the molecule is C[C@@H]1CN(C(=O)Cc2cc3nc(-c4cnn(C)c4)ccc3cn2)CCN1C. The minimum absolute atomic E-state index is 0.130. The minimum atomic E-state index is 0.130. The molecule has 1 fully saturated rings. The second kappa shape index (κ2) is 7.08. The van der Waals surface area contributed by atoms with Crippen LogP contribution in [0.1, 0.15) is 12.6 Å². The normalized spacial score (nSPS) is 18.2. The number of hydrogen-bond acceptors (Lipinski definition) is 5. The largest absolute Gasteiger partial charge is 0.340 e. The first kappa shape index (κ1) is 17.6. The van der Waals surface area contributed by atoms with Gasteiger partial charge in [-0.3, -0.25) is 14.5 Å². The van der Waals surface area contributed by atoms with Gasteiger partial charge in [0.25, 0.3) is 0 Å². The van der Waals surface area contributed by atoms with Crippen molar-refractivity contribution in [1.29, 1.82) is 0 Å². The fourth-order valence-corrected chi connectivity index (χ4v) is 3.41. The molecule has 0 N–H and O–H groups in total. The zero-order chi connectivity index (χ0) is 19.0. The van der Waals surface area contributed by atoms with Gasteiger partial charge < -0.3 is 9.80 Å². The molecular formula is C20H24N6O. The summed E-state index contributed by atoms with van der Waals surface area (Å²) in [7, 11) is 3.99. The van der Waals surface area contributed by atoms with Crippen molar-refractivity contribution in [3.63, 3.8) is 0 Å². The molecule has 27 heavy (non-hydrogen) atoms. The maximum absolute atomic E-state index is 12.7. The van der Waals surface area contributed by atoms with Gasteiger partial charge in [-0.15, -0.1) is 0 Å². The molecule has 7 heteroatoms. The van der Waals surface area contributed by atoms with Crippen molar-refractivity contribution in [2.45, 2.75) is 19.4 Å². The molecule has 1 amide bonds. The van der Waals surface area contributed by atoms with Crippen molar-refractivity contribution in [2.24, 2.45) is 7.05 Å². The van der Waals surface area contributed by atoms with Crippen LogP contribution in [0.3, 0.4) is 0 Å². The highest BCUT2D eigenvalue weighted by Gasteiger charge is 2.24. The highest BCUT2D eigenvalue weighted by molar-refractivity contribution is 5.83. The summed E-state index contributed by atoms with van der Waals surface area (Å²) in [4.78, 5) is 26.1. The molecule has 4 heterocycles. The average molecular weight is 364 g/mol. The number of pyridine rings is 2. The fraction of sp³-hybridized carbons (Fsp3) is 0.400. The molecule has 4 rings (SSSR count). The molecule has 0 aromatic carbocycles. The van der Waals surface area contributed by atoms with E-state index in [0.29, 0.717) is 12.5 Å². The third-order valence-electron chi connectivity index (χ3n) is 5.28. The first-order valence-electron chi connectivity index (χ1n) is 9.22. The second-order valence-electron chi connectivity index (χ2n) is 7.31. The third-order valence-corrected chi connectivity index (χ3v) is 5.28. The number of likely N-dealkylation sites (N-methyl/N-ethyl adjacent to an activating group) is 1. The standard InChI is InChI=1S/C20H24N6O/c1-14-12-26(7-6-24(14)2)20(27)9-17-8-19-15(10-21-17)4-5-18(23-19)16-11-22-25(3)13-16/h4-5,8,10-11,13-14H,6-7,9,12H2,1-3H3/t14-/m1/s1. The van der Waals surface area contributed by atoms with Gasteiger partial charge in [0, 0.05) is 56.1 Å². The molecule has 0 radical (unpaired) electrons. The van der Waals surface area contributed by atoms with Gasteiger partial charge in [-0.05, 0) is 32.2 Å². The monoisotopic (exact) mass is 364 g/mol. The number of rotatable bonds is 3. The number of piperazine rings is 1. The van der Waals surface area contributed by atoms with Gasteiger partial charge in [0.15, 0.2) is 0 Å². The molecule has 0 bridgehead atoms. The molecule has 1 atom stereocenters. The van der Waals surface area contributed by atoms with Gasteiger partial charge in [-0.1, -0.05) is 0 Å². The van der Waals surface area contributed by atoms with Crippen molar-refractivity contribution >= 4 is 16.8 Å². The fourth-order valence-electron chi connectivity index (χ4n) is 3.41. The Kier molecular flexibility index (Phi) is 4.61. The predicted molar refractivity (Wildman–Crippen MR) is 104 cm³/mol. The lowest BCUT2D eigenvalue weighted by Gasteiger charge is -2.37. The molecule has 7 nitrogen and oxygen atoms in total. The van der Waals surface area contributed by atoms with Crippen LogP contribution in [0.4, 0.5) is 0 Å². The maximum Gasteiger partial charge on any atom is 0.228 e. The summed E-state index contributed by atoms with van der Waals surface area (Å²) < 4.78 is 1.76. The Balaban J connectivity index is 1.54. The van der Waals surface area contributed by atoms with Crippen LogP contribution >= 0.6 is 0 Å². The number of nitrogens with zero attached hydrogens (tertiary/aromatic N) is 6. The highest BCUT2D eigenvalue weighted by Crippen LogP contribution is 2.21. The van der Waals surface area contributed by atoms with Gasteiger partial charge >= 0.3 is 0 Å². The van der Waals surface area contributed by atoms with Crippen LogP contribution in [0.5, 0.6) is 0 Å². The quantitative estimate of drug-likeness (QED) is 0.708. The number of amides is 1. The zero-order valence-corrected chi connectivity index (χ0v) is 16.0. The van der Waals surface area contributed by atoms with E-state index in [1.807, 2.05) is 36.3 Å². The van der Waals surface area contributed by atoms with E-state index in [4.69, 9.17) is 4.98 Å². The maximum atomic E-state index is 12.7. The molecular weight excluding hydrogens is 340 g/mol. The van der Waals surface area contributed by atoms with Crippen LogP contribution in [0.2, 0.25) is 0 Å². The number of carbonyl (C=O) groups is 1. The summed E-state index contributed by atoms with van der Waals surface area (Å²) in [6.07, 6.45) is 5.85. The van der Waals surface area contributed by atoms with Gasteiger partial charge in [-0.25, -0.2) is 4.98 Å². The summed E-state index contributed by atoms with van der Waals surface area (Å²) in [5.41, 5.74) is 3.45. The molecule has 1 saturated heterocycles. The first-order chi connectivity index (χ1) is 13.0. The Hall–Kier alpha value is -2.80. The van der Waals surface area contributed by atoms with E-state index in [0.717, 1.165) is 47.5 Å². The highest BCUT2D eigenvalue weighted by atomic mass is 16.2. The van der Waals surface area contributed by atoms with Crippen LogP contribution < -0.4 is 0 Å². The van der Waals surface area contributed by atoms with E-state index in [1.165, 1.54) is 0 Å². The molecule has 0 spiro atoms. The number of aryl methyl sites for hydroxylation is 1. The second-order valence-corrected chi connectivity index (χ2v) is 7.31. The van der Waals surface area contributed by atoms with E-state index in [-0.39, 0.29) is 5.91 Å². The number of carbonyl (C=O) groups excluding carboxylic acids is 1. The summed E-state index contributed by atoms with van der Waals surface area (Å²) in [5, 5.41) is 5.17. The predicted octanol–water partition coefficient (Wildman–Crippen LogP) is 1.74. The lowest BCUT2D eigenvalue weighted by atomic mass is 10.1. The van der Waals surface area contributed by atoms with Crippen molar-refractivity contribution in [1.82, 2.24) is 29.5 Å². The molecule has 0 unspecified atom stereocenters. The molecule has 0 saturated carbocycles. The molecule has 140 valence electrons. The summed E-state index contributed by atoms with van der Waals surface area (Å²) in [6.45, 7) is 4.61. The summed E-state index contributed by atoms with van der Waals surface area (Å²) >= 11 is 0. The minimum Gasteiger partial charge on any atom is -0.340 e. The number of hydrogen-bond donors (Lipinski definition) is 0. The lowest BCUT2D eigenvalue weighted by molar-refractivity contribution is -0.133. The van der Waals surface area contributed by atoms with E-state index in [2.05, 4.69) is 29.0 Å². The molecule has 3 aromatic rings. The van der Waals surface area contributed by atoms with Gasteiger partial charge in [0.05, 0.1) is 29.5 Å². The molecule has 3 aromatic heterocycles. The van der Waals surface area contributed by atoms with Crippen LogP contribution in [-0.4, -0.2) is 68.2 Å². The van der Waals surface area contributed by atoms with Crippen LogP contribution in [0.15, 0.2) is 36.8 Å². The van der Waals surface area contributed by atoms with Gasteiger partial charge in [0.1, 0.15) is 0 Å². The number of aromatic nitrogens is 4. The smallest absolute Gasteiger partial charge is 0.228 e. The van der Waals surface area contributed by atoms with Crippen LogP contribution in [0.25, 0.3) is 22.2 Å². The van der Waals surface area contributed by atoms with Crippen molar-refractivity contribution in [2.75, 3.05) is 26.7 Å². The Bertz CT molecular complexity index is 982. The molecule has 0 aliphatic carbocycles. The zero-order valence-electron chi connectivity index (χ0n) is 16.0. The average Bonchev–Trinajstić information content (AvgIpc) is 3.09. The topological polar surface area (TPSA) is 67.2 Å². The van der Waals surface area contributed by atoms with Gasteiger partial charge in [-0.2, -0.15) is 5.10 Å². The van der Waals surface area contributed by atoms with Gasteiger partial charge in [0.2, 0.25) is 5.91 Å². The van der Waals surface area contributed by atoms with Crippen molar-refractivity contribution < 1.29 is 4.79 Å². The third kappa shape index (κ3) is 3.68. The van der Waals surface area contributed by atoms with Crippen molar-refractivity contribution in [3.8, 4) is 11.3 Å². The Labute approximate surface area is 158 Å². The Morgan fingerprint density at radius 3 is 2.81 bits per heavy atom. The summed E-state index contributed by atoms with van der Waals surface area (Å²) in [5.74, 6) is 0.130. The van der Waals surface area contributed by atoms with Crippen LogP contribution in [-0.2, 0) is 18.3 Å². The van der Waals surface area contributed by atoms with E-state index in [9.17, 15) is 4.79 Å². The summed E-state index contributed by atoms with van der Waals surface area (Å²) in [6, 6.07) is 6.28. The van der Waals surface area contributed by atoms with Crippen LogP contribution in [0, 0.1) is 0 Å². The van der Waals surface area contributed by atoms with E-state index >= 15 is 0 Å².